The van der Waals surface area contributed by atoms with E-state index in [1.54, 1.807) is 6.07 Å². The number of hydrogen-bond donors (Lipinski definition) is 2. The minimum atomic E-state index is -3.04. The summed E-state index contributed by atoms with van der Waals surface area (Å²) in [5, 5.41) is 2.69. The lowest BCUT2D eigenvalue weighted by molar-refractivity contribution is -0.126. The number of halogens is 3. The van der Waals surface area contributed by atoms with Crippen molar-refractivity contribution < 1.29 is 37.0 Å². The molecule has 0 spiro atoms. The van der Waals surface area contributed by atoms with E-state index < -0.39 is 30.2 Å². The van der Waals surface area contributed by atoms with Gasteiger partial charge in [-0.1, -0.05) is 6.07 Å². The van der Waals surface area contributed by atoms with E-state index in [0.29, 0.717) is 12.1 Å². The van der Waals surface area contributed by atoms with Crippen molar-refractivity contribution in [3.8, 4) is 11.5 Å². The molecule has 31 heavy (non-hydrogen) atoms. The zero-order valence-corrected chi connectivity index (χ0v) is 16.8. The monoisotopic (exact) mass is 441 g/mol. The molecule has 11 heteroatoms. The molecule has 1 aromatic heterocycles. The lowest BCUT2D eigenvalue weighted by Crippen LogP contribution is -2.28. The Kier molecular flexibility index (Phi) is 8.62. The van der Waals surface area contributed by atoms with Crippen molar-refractivity contribution in [1.29, 1.82) is 0 Å². The number of nitrogens with one attached hydrogen (secondary N) is 1. The van der Waals surface area contributed by atoms with Gasteiger partial charge in [0, 0.05) is 11.9 Å². The van der Waals surface area contributed by atoms with Crippen LogP contribution >= 0.6 is 0 Å². The molecule has 2 amide bonds. The summed E-state index contributed by atoms with van der Waals surface area (Å²) in [6, 6.07) is 6.82. The molecule has 0 saturated carbocycles. The molecule has 2 aromatic rings. The van der Waals surface area contributed by atoms with Crippen molar-refractivity contribution in [3.63, 3.8) is 0 Å². The molecule has 2 unspecified atom stereocenters. The van der Waals surface area contributed by atoms with Crippen LogP contribution in [0.25, 0.3) is 0 Å². The van der Waals surface area contributed by atoms with Gasteiger partial charge in [0.05, 0.1) is 13.2 Å². The molecule has 0 bridgehead atoms. The molecule has 2 heterocycles. The average Bonchev–Trinajstić information content (AvgIpc) is 3.16. The summed E-state index contributed by atoms with van der Waals surface area (Å²) in [6.07, 6.45) is 2.69. The first kappa shape index (κ1) is 23.9. The van der Waals surface area contributed by atoms with Gasteiger partial charge in [-0.05, 0) is 44.0 Å². The van der Waals surface area contributed by atoms with Crippen molar-refractivity contribution in [2.75, 3.05) is 12.4 Å². The second kappa shape index (κ2) is 11.2. The number of nitrogens with zero attached hydrogens (tertiary/aromatic N) is 1. The molecule has 1 saturated heterocycles. The van der Waals surface area contributed by atoms with E-state index in [-0.39, 0.29) is 23.5 Å². The number of ether oxygens (including phenoxy) is 3. The predicted molar refractivity (Wildman–Crippen MR) is 105 cm³/mol. The highest BCUT2D eigenvalue weighted by molar-refractivity contribution is 5.96. The highest BCUT2D eigenvalue weighted by Crippen LogP contribution is 2.27. The van der Waals surface area contributed by atoms with Crippen LogP contribution in [0.2, 0.25) is 0 Å². The van der Waals surface area contributed by atoms with Gasteiger partial charge < -0.3 is 25.3 Å². The highest BCUT2D eigenvalue weighted by atomic mass is 19.3. The van der Waals surface area contributed by atoms with E-state index in [4.69, 9.17) is 10.5 Å². The molecule has 1 aliphatic heterocycles. The van der Waals surface area contributed by atoms with Crippen molar-refractivity contribution in [1.82, 2.24) is 4.98 Å². The maximum absolute atomic E-state index is 13.0. The lowest BCUT2D eigenvalue weighted by Gasteiger charge is -2.11. The minimum absolute atomic E-state index is 0.111. The topological polar surface area (TPSA) is 113 Å². The number of carbonyl (C=O) groups is 2. The van der Waals surface area contributed by atoms with Crippen LogP contribution in [-0.4, -0.2) is 42.7 Å². The maximum atomic E-state index is 13.0. The number of primary amides is 1. The van der Waals surface area contributed by atoms with Gasteiger partial charge in [0.2, 0.25) is 5.82 Å². The largest absolute Gasteiger partial charge is 0.494 e. The van der Waals surface area contributed by atoms with Crippen LogP contribution in [0.1, 0.15) is 30.3 Å². The minimum Gasteiger partial charge on any atom is -0.494 e. The van der Waals surface area contributed by atoms with Gasteiger partial charge in [0.25, 0.3) is 11.8 Å². The van der Waals surface area contributed by atoms with Crippen LogP contribution in [0.3, 0.4) is 0 Å². The number of hydrogen-bond acceptors (Lipinski definition) is 6. The highest BCUT2D eigenvalue weighted by Gasteiger charge is 2.28. The SMILES string of the molecule is CC1CCC(C(=O)Nc2ccnc(C(N)=O)c2)O1.COc1cccc(OC(F)F)c1F. The summed E-state index contributed by atoms with van der Waals surface area (Å²) in [4.78, 5) is 26.6. The van der Waals surface area contributed by atoms with Gasteiger partial charge in [-0.25, -0.2) is 0 Å². The van der Waals surface area contributed by atoms with Gasteiger partial charge in [-0.2, -0.15) is 13.2 Å². The number of aromatic nitrogens is 1. The van der Waals surface area contributed by atoms with E-state index >= 15 is 0 Å². The van der Waals surface area contributed by atoms with Gasteiger partial charge in [0.1, 0.15) is 11.8 Å². The van der Waals surface area contributed by atoms with E-state index in [1.807, 2.05) is 6.92 Å². The Morgan fingerprint density at radius 2 is 1.97 bits per heavy atom. The van der Waals surface area contributed by atoms with E-state index in [1.165, 1.54) is 31.5 Å². The Labute approximate surface area is 176 Å². The molecular formula is C20H22F3N3O5. The fourth-order valence-corrected chi connectivity index (χ4v) is 2.70. The molecular weight excluding hydrogens is 419 g/mol. The molecule has 1 fully saturated rings. The number of benzene rings is 1. The molecule has 8 nitrogen and oxygen atoms in total. The predicted octanol–water partition coefficient (Wildman–Crippen LogP) is 3.12. The molecule has 0 radical (unpaired) electrons. The maximum Gasteiger partial charge on any atom is 0.387 e. The number of amides is 2. The Hall–Kier alpha value is -3.34. The first-order valence-corrected chi connectivity index (χ1v) is 9.20. The number of rotatable bonds is 6. The van der Waals surface area contributed by atoms with E-state index in [0.717, 1.165) is 12.5 Å². The quantitative estimate of drug-likeness (QED) is 0.712. The fourth-order valence-electron chi connectivity index (χ4n) is 2.70. The average molecular weight is 441 g/mol. The van der Waals surface area contributed by atoms with Crippen LogP contribution in [0.4, 0.5) is 18.9 Å². The standard InChI is InChI=1S/C12H15N3O3.C8H7F3O2/c1-7-2-3-10(18-7)12(17)15-8-4-5-14-9(6-8)11(13)16;1-12-5-3-2-4-6(7(5)9)13-8(10)11/h4-7,10H,2-3H2,1H3,(H2,13,16)(H,14,15,17);2-4,8H,1H3. The lowest BCUT2D eigenvalue weighted by atomic mass is 10.2. The van der Waals surface area contributed by atoms with Crippen molar-refractivity contribution in [2.24, 2.45) is 5.73 Å². The number of carbonyl (C=O) groups excluding carboxylic acids is 2. The number of methoxy groups -OCH3 is 1. The molecule has 2 atom stereocenters. The van der Waals surface area contributed by atoms with Crippen LogP contribution in [-0.2, 0) is 9.53 Å². The molecule has 1 aliphatic rings. The van der Waals surface area contributed by atoms with Crippen LogP contribution in [0.15, 0.2) is 36.5 Å². The number of nitrogens with two attached hydrogens (primary N) is 1. The Bertz CT molecular complexity index is 913. The van der Waals surface area contributed by atoms with E-state index in [2.05, 4.69) is 19.8 Å². The fraction of sp³-hybridized carbons (Fsp3) is 0.350. The van der Waals surface area contributed by atoms with E-state index in [9.17, 15) is 22.8 Å². The van der Waals surface area contributed by atoms with Gasteiger partial charge >= 0.3 is 6.61 Å². The molecule has 3 rings (SSSR count). The summed E-state index contributed by atoms with van der Waals surface area (Å²) in [7, 11) is 1.24. The Balaban J connectivity index is 0.000000233. The van der Waals surface area contributed by atoms with Gasteiger partial charge in [-0.3, -0.25) is 14.6 Å². The van der Waals surface area contributed by atoms with Crippen molar-refractivity contribution in [2.45, 2.75) is 38.6 Å². The van der Waals surface area contributed by atoms with Crippen LogP contribution in [0.5, 0.6) is 11.5 Å². The normalized spacial score (nSPS) is 17.5. The summed E-state index contributed by atoms with van der Waals surface area (Å²) < 4.78 is 50.4. The van der Waals surface area contributed by atoms with Crippen molar-refractivity contribution >= 4 is 17.5 Å². The first-order valence-electron chi connectivity index (χ1n) is 9.20. The second-order valence-electron chi connectivity index (χ2n) is 6.45. The third-order valence-corrected chi connectivity index (χ3v) is 4.17. The van der Waals surface area contributed by atoms with Gasteiger partial charge in [0.15, 0.2) is 11.5 Å². The summed E-state index contributed by atoms with van der Waals surface area (Å²) in [5.41, 5.74) is 5.73. The molecule has 0 aliphatic carbocycles. The smallest absolute Gasteiger partial charge is 0.387 e. The summed E-state index contributed by atoms with van der Waals surface area (Å²) in [6.45, 7) is -1.10. The molecule has 1 aromatic carbocycles. The van der Waals surface area contributed by atoms with Crippen molar-refractivity contribution in [3.05, 3.63) is 48.0 Å². The second-order valence-corrected chi connectivity index (χ2v) is 6.45. The third-order valence-electron chi connectivity index (χ3n) is 4.17. The zero-order valence-electron chi connectivity index (χ0n) is 16.8. The number of alkyl halides is 2. The Morgan fingerprint density at radius 1 is 1.26 bits per heavy atom. The summed E-state index contributed by atoms with van der Waals surface area (Å²) in [5.74, 6) is -2.41. The van der Waals surface area contributed by atoms with Crippen LogP contribution < -0.4 is 20.5 Å². The molecule has 3 N–H and O–H groups in total. The third kappa shape index (κ3) is 7.14. The zero-order chi connectivity index (χ0) is 23.0. The van der Waals surface area contributed by atoms with Crippen LogP contribution in [0, 0.1) is 5.82 Å². The first-order chi connectivity index (χ1) is 14.7. The Morgan fingerprint density at radius 3 is 2.55 bits per heavy atom. The number of anilines is 1. The van der Waals surface area contributed by atoms with Gasteiger partial charge in [-0.15, -0.1) is 0 Å². The number of pyridine rings is 1. The molecule has 168 valence electrons. The summed E-state index contributed by atoms with van der Waals surface area (Å²) >= 11 is 0.